The first kappa shape index (κ1) is 13.6. The van der Waals surface area contributed by atoms with Gasteiger partial charge in [0.15, 0.2) is 0 Å². The zero-order valence-corrected chi connectivity index (χ0v) is 12.0. The molecule has 4 heteroatoms. The number of hydrogen-bond acceptors (Lipinski definition) is 2. The van der Waals surface area contributed by atoms with Crippen LogP contribution in [0.25, 0.3) is 0 Å². The lowest BCUT2D eigenvalue weighted by molar-refractivity contribution is 0.0823. The van der Waals surface area contributed by atoms with Gasteiger partial charge in [0.25, 0.3) is 11.5 Å². The van der Waals surface area contributed by atoms with Crippen LogP contribution >= 0.6 is 0 Å². The molecular formula is C17H18N2O2. The van der Waals surface area contributed by atoms with Gasteiger partial charge in [0.2, 0.25) is 0 Å². The molecule has 0 atom stereocenters. The normalized spacial score (nSPS) is 16.0. The molecule has 0 spiro atoms. The molecule has 21 heavy (non-hydrogen) atoms. The van der Waals surface area contributed by atoms with Crippen molar-refractivity contribution in [2.75, 3.05) is 0 Å². The monoisotopic (exact) mass is 282 g/mol. The summed E-state index contributed by atoms with van der Waals surface area (Å²) >= 11 is 0. The van der Waals surface area contributed by atoms with Crippen molar-refractivity contribution >= 4 is 5.91 Å². The van der Waals surface area contributed by atoms with Gasteiger partial charge in [-0.15, -0.1) is 0 Å². The van der Waals surface area contributed by atoms with Gasteiger partial charge in [0, 0.05) is 24.9 Å². The van der Waals surface area contributed by atoms with Crippen LogP contribution in [0.2, 0.25) is 0 Å². The highest BCUT2D eigenvalue weighted by Gasteiger charge is 2.40. The van der Waals surface area contributed by atoms with Gasteiger partial charge >= 0.3 is 0 Å². The number of carbonyl (C=O) groups is 1. The molecule has 4 nitrogen and oxygen atoms in total. The molecule has 2 aromatic rings. The molecular weight excluding hydrogens is 264 g/mol. The quantitative estimate of drug-likeness (QED) is 0.938. The number of hydrogen-bond donors (Lipinski definition) is 1. The van der Waals surface area contributed by atoms with Crippen LogP contribution in [0, 0.1) is 0 Å². The molecule has 108 valence electrons. The zero-order chi connectivity index (χ0) is 14.9. The van der Waals surface area contributed by atoms with E-state index in [2.05, 4.69) is 5.32 Å². The number of nitrogens with one attached hydrogen (secondary N) is 1. The van der Waals surface area contributed by atoms with E-state index >= 15 is 0 Å². The fourth-order valence-electron chi connectivity index (χ4n) is 2.75. The average molecular weight is 282 g/mol. The molecule has 1 aliphatic carbocycles. The fourth-order valence-corrected chi connectivity index (χ4v) is 2.75. The van der Waals surface area contributed by atoms with Crippen molar-refractivity contribution in [3.8, 4) is 0 Å². The Kier molecular flexibility index (Phi) is 3.37. The summed E-state index contributed by atoms with van der Waals surface area (Å²) in [5, 5.41) is 3.12. The molecule has 0 unspecified atom stereocenters. The Morgan fingerprint density at radius 2 is 1.90 bits per heavy atom. The Morgan fingerprint density at radius 3 is 2.48 bits per heavy atom. The number of rotatable bonds is 3. The second kappa shape index (κ2) is 5.20. The van der Waals surface area contributed by atoms with Crippen LogP contribution < -0.4 is 10.9 Å². The predicted molar refractivity (Wildman–Crippen MR) is 81.1 cm³/mol. The van der Waals surface area contributed by atoms with Gasteiger partial charge < -0.3 is 9.88 Å². The average Bonchev–Trinajstić information content (AvgIpc) is 2.46. The summed E-state index contributed by atoms with van der Waals surface area (Å²) in [4.78, 5) is 24.1. The molecule has 1 aromatic carbocycles. The number of benzene rings is 1. The first-order valence-corrected chi connectivity index (χ1v) is 7.15. The lowest BCUT2D eigenvalue weighted by Gasteiger charge is -2.43. The minimum atomic E-state index is -0.278. The standard InChI is InChI=1S/C17H18N2O2/c1-19-11-8-13(12-15(19)20)16(21)18-17(9-5-10-17)14-6-3-2-4-7-14/h2-4,6-8,11-12H,5,9-10H2,1H3,(H,18,21). The molecule has 0 saturated heterocycles. The number of amides is 1. The summed E-state index contributed by atoms with van der Waals surface area (Å²) in [5.74, 6) is -0.184. The number of aromatic nitrogens is 1. The third kappa shape index (κ3) is 2.49. The summed E-state index contributed by atoms with van der Waals surface area (Å²) in [6.45, 7) is 0. The minimum absolute atomic E-state index is 0.176. The predicted octanol–water partition coefficient (Wildman–Crippen LogP) is 2.19. The lowest BCUT2D eigenvalue weighted by atomic mass is 9.71. The van der Waals surface area contributed by atoms with Crippen LogP contribution in [0.3, 0.4) is 0 Å². The largest absolute Gasteiger partial charge is 0.343 e. The highest BCUT2D eigenvalue weighted by atomic mass is 16.2. The molecule has 0 bridgehead atoms. The maximum absolute atomic E-state index is 12.4. The Balaban J connectivity index is 1.86. The van der Waals surface area contributed by atoms with Crippen molar-refractivity contribution in [2.24, 2.45) is 7.05 Å². The molecule has 1 heterocycles. The summed E-state index contributed by atoms with van der Waals surface area (Å²) in [6.07, 6.45) is 4.60. The van der Waals surface area contributed by atoms with Crippen molar-refractivity contribution in [1.82, 2.24) is 9.88 Å². The van der Waals surface area contributed by atoms with Crippen LogP contribution in [0.4, 0.5) is 0 Å². The SMILES string of the molecule is Cn1ccc(C(=O)NC2(c3ccccc3)CCC2)cc1=O. The molecule has 1 fully saturated rings. The maximum atomic E-state index is 12.4. The van der Waals surface area contributed by atoms with E-state index in [9.17, 15) is 9.59 Å². The maximum Gasteiger partial charge on any atom is 0.252 e. The first-order chi connectivity index (χ1) is 10.1. The fraction of sp³-hybridized carbons (Fsp3) is 0.294. The van der Waals surface area contributed by atoms with E-state index in [1.54, 1.807) is 19.3 Å². The second-order valence-electron chi connectivity index (χ2n) is 5.62. The third-order valence-corrected chi connectivity index (χ3v) is 4.25. The van der Waals surface area contributed by atoms with E-state index in [4.69, 9.17) is 0 Å². The molecule has 0 aliphatic heterocycles. The van der Waals surface area contributed by atoms with E-state index in [1.807, 2.05) is 30.3 Å². The van der Waals surface area contributed by atoms with Gasteiger partial charge in [-0.2, -0.15) is 0 Å². The molecule has 1 N–H and O–H groups in total. The van der Waals surface area contributed by atoms with Crippen LogP contribution in [0.1, 0.15) is 35.2 Å². The van der Waals surface area contributed by atoms with Crippen molar-refractivity contribution < 1.29 is 4.79 Å². The Bertz CT molecular complexity index is 715. The van der Waals surface area contributed by atoms with Crippen molar-refractivity contribution in [1.29, 1.82) is 0 Å². The van der Waals surface area contributed by atoms with E-state index < -0.39 is 0 Å². The molecule has 1 amide bonds. The highest BCUT2D eigenvalue weighted by Crippen LogP contribution is 2.41. The third-order valence-electron chi connectivity index (χ3n) is 4.25. The molecule has 1 aliphatic rings. The Hall–Kier alpha value is -2.36. The summed E-state index contributed by atoms with van der Waals surface area (Å²) in [6, 6.07) is 13.1. The minimum Gasteiger partial charge on any atom is -0.343 e. The smallest absolute Gasteiger partial charge is 0.252 e. The van der Waals surface area contributed by atoms with Crippen LogP contribution in [0.15, 0.2) is 53.5 Å². The van der Waals surface area contributed by atoms with Gasteiger partial charge in [0.1, 0.15) is 0 Å². The molecule has 3 rings (SSSR count). The van der Waals surface area contributed by atoms with Crippen molar-refractivity contribution in [3.63, 3.8) is 0 Å². The van der Waals surface area contributed by atoms with E-state index in [-0.39, 0.29) is 17.0 Å². The van der Waals surface area contributed by atoms with Crippen molar-refractivity contribution in [2.45, 2.75) is 24.8 Å². The number of carbonyl (C=O) groups excluding carboxylic acids is 1. The Morgan fingerprint density at radius 1 is 1.19 bits per heavy atom. The van der Waals surface area contributed by atoms with E-state index in [0.717, 1.165) is 24.8 Å². The highest BCUT2D eigenvalue weighted by molar-refractivity contribution is 5.94. The van der Waals surface area contributed by atoms with E-state index in [1.165, 1.54) is 10.6 Å². The van der Waals surface area contributed by atoms with Gasteiger partial charge in [0.05, 0.1) is 5.54 Å². The van der Waals surface area contributed by atoms with Crippen molar-refractivity contribution in [3.05, 3.63) is 70.1 Å². The van der Waals surface area contributed by atoms with Crippen LogP contribution in [-0.2, 0) is 12.6 Å². The first-order valence-electron chi connectivity index (χ1n) is 7.15. The zero-order valence-electron chi connectivity index (χ0n) is 12.0. The molecule has 0 radical (unpaired) electrons. The summed E-state index contributed by atoms with van der Waals surface area (Å²) < 4.78 is 1.45. The summed E-state index contributed by atoms with van der Waals surface area (Å²) in [7, 11) is 1.67. The Labute approximate surface area is 123 Å². The molecule has 1 aromatic heterocycles. The number of nitrogens with zero attached hydrogens (tertiary/aromatic N) is 1. The van der Waals surface area contributed by atoms with Crippen LogP contribution in [-0.4, -0.2) is 10.5 Å². The number of pyridine rings is 1. The van der Waals surface area contributed by atoms with E-state index in [0.29, 0.717) is 5.56 Å². The topological polar surface area (TPSA) is 51.1 Å². The second-order valence-corrected chi connectivity index (χ2v) is 5.62. The molecule has 1 saturated carbocycles. The number of aryl methyl sites for hydroxylation is 1. The van der Waals surface area contributed by atoms with Gasteiger partial charge in [-0.05, 0) is 30.9 Å². The van der Waals surface area contributed by atoms with Gasteiger partial charge in [-0.25, -0.2) is 0 Å². The van der Waals surface area contributed by atoms with Gasteiger partial charge in [-0.3, -0.25) is 9.59 Å². The van der Waals surface area contributed by atoms with Crippen LogP contribution in [0.5, 0.6) is 0 Å². The lowest BCUT2D eigenvalue weighted by Crippen LogP contribution is -2.50. The van der Waals surface area contributed by atoms with Gasteiger partial charge in [-0.1, -0.05) is 30.3 Å². The summed E-state index contributed by atoms with van der Waals surface area (Å²) in [5.41, 5.74) is 1.10.